The van der Waals surface area contributed by atoms with Crippen LogP contribution in [0.15, 0.2) is 12.3 Å². The molecule has 0 N–H and O–H groups in total. The molecule has 0 spiro atoms. The molecule has 1 heterocycles. The number of carbonyl (C=O) groups excluding carboxylic acids is 1. The Kier molecular flexibility index (Phi) is 4.71. The molecule has 1 atom stereocenters. The zero-order valence-electron chi connectivity index (χ0n) is 10.7. The SMILES string of the molecule is CCC(C)CC(=O)Cc1ccn(C(C)C)n1. The van der Waals surface area contributed by atoms with Gasteiger partial charge in [-0.2, -0.15) is 5.10 Å². The minimum absolute atomic E-state index is 0.295. The molecule has 1 aromatic heterocycles. The minimum atomic E-state index is 0.295. The van der Waals surface area contributed by atoms with E-state index in [-0.39, 0.29) is 0 Å². The summed E-state index contributed by atoms with van der Waals surface area (Å²) in [5.41, 5.74) is 0.891. The topological polar surface area (TPSA) is 34.9 Å². The summed E-state index contributed by atoms with van der Waals surface area (Å²) in [5.74, 6) is 0.781. The summed E-state index contributed by atoms with van der Waals surface area (Å²) in [6.07, 6.45) is 4.15. The molecule has 1 rings (SSSR count). The van der Waals surface area contributed by atoms with Crippen LogP contribution in [0.5, 0.6) is 0 Å². The number of carbonyl (C=O) groups is 1. The molecule has 0 amide bonds. The third kappa shape index (κ3) is 3.80. The molecule has 90 valence electrons. The maximum atomic E-state index is 11.7. The zero-order valence-corrected chi connectivity index (χ0v) is 10.7. The number of nitrogens with zero attached hydrogens (tertiary/aromatic N) is 2. The van der Waals surface area contributed by atoms with Crippen molar-refractivity contribution >= 4 is 5.78 Å². The normalized spacial score (nSPS) is 13.1. The van der Waals surface area contributed by atoms with Gasteiger partial charge in [-0.15, -0.1) is 0 Å². The molecule has 0 bridgehead atoms. The van der Waals surface area contributed by atoms with E-state index in [0.717, 1.165) is 12.1 Å². The largest absolute Gasteiger partial charge is 0.299 e. The molecule has 16 heavy (non-hydrogen) atoms. The van der Waals surface area contributed by atoms with Crippen LogP contribution in [0.25, 0.3) is 0 Å². The van der Waals surface area contributed by atoms with E-state index in [1.807, 2.05) is 16.9 Å². The van der Waals surface area contributed by atoms with Gasteiger partial charge >= 0.3 is 0 Å². The van der Waals surface area contributed by atoms with E-state index < -0.39 is 0 Å². The predicted octanol–water partition coefficient (Wildman–Crippen LogP) is 3.01. The Balaban J connectivity index is 2.50. The summed E-state index contributed by atoms with van der Waals surface area (Å²) >= 11 is 0. The first kappa shape index (κ1) is 12.9. The van der Waals surface area contributed by atoms with Gasteiger partial charge in [-0.05, 0) is 25.8 Å². The Labute approximate surface area is 97.8 Å². The van der Waals surface area contributed by atoms with Crippen molar-refractivity contribution in [2.75, 3.05) is 0 Å². The standard InChI is InChI=1S/C13H22N2O/c1-5-11(4)8-13(16)9-12-6-7-15(14-12)10(2)3/h6-7,10-11H,5,8-9H2,1-4H3. The van der Waals surface area contributed by atoms with Crippen LogP contribution in [0.4, 0.5) is 0 Å². The molecule has 0 aliphatic rings. The molecular weight excluding hydrogens is 200 g/mol. The lowest BCUT2D eigenvalue weighted by molar-refractivity contribution is -0.119. The molecule has 1 unspecified atom stereocenters. The van der Waals surface area contributed by atoms with E-state index in [4.69, 9.17) is 0 Å². The van der Waals surface area contributed by atoms with Gasteiger partial charge in [0.15, 0.2) is 0 Å². The maximum absolute atomic E-state index is 11.7. The van der Waals surface area contributed by atoms with E-state index in [2.05, 4.69) is 32.8 Å². The smallest absolute Gasteiger partial charge is 0.139 e. The van der Waals surface area contributed by atoms with Crippen molar-refractivity contribution in [3.63, 3.8) is 0 Å². The number of aromatic nitrogens is 2. The Morgan fingerprint density at radius 2 is 2.12 bits per heavy atom. The van der Waals surface area contributed by atoms with Crippen LogP contribution in [0.3, 0.4) is 0 Å². The van der Waals surface area contributed by atoms with Crippen molar-refractivity contribution in [3.05, 3.63) is 18.0 Å². The second kappa shape index (κ2) is 5.83. The number of hydrogen-bond acceptors (Lipinski definition) is 2. The number of Topliss-reactive ketones (excluding diaryl/α,β-unsaturated/α-hetero) is 1. The lowest BCUT2D eigenvalue weighted by Gasteiger charge is -2.06. The third-order valence-electron chi connectivity index (χ3n) is 2.84. The molecule has 3 heteroatoms. The molecule has 3 nitrogen and oxygen atoms in total. The van der Waals surface area contributed by atoms with Crippen LogP contribution < -0.4 is 0 Å². The van der Waals surface area contributed by atoms with Crippen LogP contribution >= 0.6 is 0 Å². The van der Waals surface area contributed by atoms with Gasteiger partial charge in [0.1, 0.15) is 5.78 Å². The molecule has 0 aliphatic heterocycles. The first-order valence-corrected chi connectivity index (χ1v) is 6.08. The van der Waals surface area contributed by atoms with Crippen molar-refractivity contribution in [2.45, 2.75) is 53.0 Å². The molecular formula is C13H22N2O. The van der Waals surface area contributed by atoms with Crippen LogP contribution in [-0.4, -0.2) is 15.6 Å². The molecule has 0 radical (unpaired) electrons. The second-order valence-corrected chi connectivity index (χ2v) is 4.81. The summed E-state index contributed by atoms with van der Waals surface area (Å²) in [7, 11) is 0. The highest BCUT2D eigenvalue weighted by molar-refractivity contribution is 5.80. The Hall–Kier alpha value is -1.12. The fraction of sp³-hybridized carbons (Fsp3) is 0.692. The van der Waals surface area contributed by atoms with Crippen LogP contribution in [0.2, 0.25) is 0 Å². The van der Waals surface area contributed by atoms with Gasteiger partial charge in [0.2, 0.25) is 0 Å². The predicted molar refractivity (Wildman–Crippen MR) is 65.4 cm³/mol. The summed E-state index contributed by atoms with van der Waals surface area (Å²) < 4.78 is 1.89. The zero-order chi connectivity index (χ0) is 12.1. The lowest BCUT2D eigenvalue weighted by atomic mass is 10.00. The maximum Gasteiger partial charge on any atom is 0.139 e. The van der Waals surface area contributed by atoms with Crippen molar-refractivity contribution in [1.82, 2.24) is 9.78 Å². The van der Waals surface area contributed by atoms with Crippen molar-refractivity contribution < 1.29 is 4.79 Å². The Morgan fingerprint density at radius 1 is 1.44 bits per heavy atom. The van der Waals surface area contributed by atoms with Crippen LogP contribution in [0, 0.1) is 5.92 Å². The Bertz CT molecular complexity index is 341. The molecule has 0 aromatic carbocycles. The summed E-state index contributed by atoms with van der Waals surface area (Å²) in [4.78, 5) is 11.7. The van der Waals surface area contributed by atoms with Crippen LogP contribution in [-0.2, 0) is 11.2 Å². The summed E-state index contributed by atoms with van der Waals surface area (Å²) in [5, 5.41) is 4.38. The molecule has 0 fully saturated rings. The number of rotatable bonds is 6. The molecule has 1 aromatic rings. The van der Waals surface area contributed by atoms with E-state index >= 15 is 0 Å². The third-order valence-corrected chi connectivity index (χ3v) is 2.84. The minimum Gasteiger partial charge on any atom is -0.299 e. The van der Waals surface area contributed by atoms with Gasteiger partial charge in [-0.25, -0.2) is 0 Å². The molecule has 0 saturated heterocycles. The van der Waals surface area contributed by atoms with Gasteiger partial charge in [0.25, 0.3) is 0 Å². The van der Waals surface area contributed by atoms with Crippen LogP contribution in [0.1, 0.15) is 52.3 Å². The first-order chi connectivity index (χ1) is 7.52. The van der Waals surface area contributed by atoms with Crippen molar-refractivity contribution in [3.8, 4) is 0 Å². The fourth-order valence-corrected chi connectivity index (χ4v) is 1.57. The second-order valence-electron chi connectivity index (χ2n) is 4.81. The van der Waals surface area contributed by atoms with Crippen molar-refractivity contribution in [1.29, 1.82) is 0 Å². The Morgan fingerprint density at radius 3 is 2.62 bits per heavy atom. The fourth-order valence-electron chi connectivity index (χ4n) is 1.57. The highest BCUT2D eigenvalue weighted by Crippen LogP contribution is 2.10. The first-order valence-electron chi connectivity index (χ1n) is 6.08. The molecule has 0 saturated carbocycles. The number of hydrogen-bond donors (Lipinski definition) is 0. The van der Waals surface area contributed by atoms with E-state index in [1.54, 1.807) is 0 Å². The lowest BCUT2D eigenvalue weighted by Crippen LogP contribution is -2.09. The quantitative estimate of drug-likeness (QED) is 0.741. The highest BCUT2D eigenvalue weighted by Gasteiger charge is 2.10. The summed E-state index contributed by atoms with van der Waals surface area (Å²) in [6, 6.07) is 2.30. The number of ketones is 1. The average Bonchev–Trinajstić information content (AvgIpc) is 2.65. The average molecular weight is 222 g/mol. The highest BCUT2D eigenvalue weighted by atomic mass is 16.1. The van der Waals surface area contributed by atoms with E-state index in [1.165, 1.54) is 0 Å². The van der Waals surface area contributed by atoms with Gasteiger partial charge in [0, 0.05) is 18.7 Å². The monoisotopic (exact) mass is 222 g/mol. The van der Waals surface area contributed by atoms with E-state index in [0.29, 0.717) is 30.6 Å². The van der Waals surface area contributed by atoms with Gasteiger partial charge in [-0.3, -0.25) is 9.48 Å². The van der Waals surface area contributed by atoms with Gasteiger partial charge in [0.05, 0.1) is 12.1 Å². The molecule has 0 aliphatic carbocycles. The van der Waals surface area contributed by atoms with Gasteiger partial charge in [-0.1, -0.05) is 20.3 Å². The van der Waals surface area contributed by atoms with Crippen molar-refractivity contribution in [2.24, 2.45) is 5.92 Å². The van der Waals surface area contributed by atoms with Gasteiger partial charge < -0.3 is 0 Å². The summed E-state index contributed by atoms with van der Waals surface area (Å²) in [6.45, 7) is 8.39. The van der Waals surface area contributed by atoms with E-state index in [9.17, 15) is 4.79 Å².